The third-order valence-corrected chi connectivity index (χ3v) is 4.97. The van der Waals surface area contributed by atoms with Gasteiger partial charge in [0, 0.05) is 12.0 Å². The number of ether oxygens (including phenoxy) is 1. The van der Waals surface area contributed by atoms with Gasteiger partial charge < -0.3 is 14.3 Å². The molecule has 4 nitrogen and oxygen atoms in total. The molecule has 1 aromatic carbocycles. The molecule has 0 spiro atoms. The first-order valence-corrected chi connectivity index (χ1v) is 9.88. The van der Waals surface area contributed by atoms with Gasteiger partial charge in [0.15, 0.2) is 0 Å². The minimum Gasteiger partial charge on any atom is -0.496 e. The molecule has 1 atom stereocenters. The number of aliphatic hydroxyl groups is 1. The summed E-state index contributed by atoms with van der Waals surface area (Å²) in [5.74, 6) is 1.19. The molecule has 0 fully saturated rings. The second-order valence-electron chi connectivity index (χ2n) is 7.28. The zero-order chi connectivity index (χ0) is 22.3. The molecule has 0 aliphatic carbocycles. The molecule has 0 radical (unpaired) electrons. The van der Waals surface area contributed by atoms with Crippen LogP contribution in [0.2, 0.25) is 0 Å². The van der Waals surface area contributed by atoms with Crippen molar-refractivity contribution in [2.24, 2.45) is 0 Å². The molecule has 1 N–H and O–H groups in total. The van der Waals surface area contributed by atoms with Crippen LogP contribution in [0, 0.1) is 20.8 Å². The predicted octanol–water partition coefficient (Wildman–Crippen LogP) is 5.55. The second-order valence-corrected chi connectivity index (χ2v) is 7.28. The van der Waals surface area contributed by atoms with Gasteiger partial charge in [0.05, 0.1) is 18.8 Å². The second kappa shape index (κ2) is 10.6. The fourth-order valence-electron chi connectivity index (χ4n) is 3.18. The van der Waals surface area contributed by atoms with Crippen molar-refractivity contribution in [1.82, 2.24) is 0 Å². The number of aliphatic hydroxyl groups excluding tert-OH is 1. The van der Waals surface area contributed by atoms with Gasteiger partial charge in [-0.05, 0) is 38.8 Å². The Bertz CT molecular complexity index is 1050. The maximum absolute atomic E-state index is 12.0. The molecule has 2 aromatic rings. The Morgan fingerprint density at radius 1 is 1.23 bits per heavy atom. The van der Waals surface area contributed by atoms with Gasteiger partial charge in [-0.2, -0.15) is 0 Å². The molecule has 30 heavy (non-hydrogen) atoms. The van der Waals surface area contributed by atoms with Crippen molar-refractivity contribution in [3.8, 4) is 5.75 Å². The van der Waals surface area contributed by atoms with Crippen LogP contribution in [0.5, 0.6) is 5.75 Å². The summed E-state index contributed by atoms with van der Waals surface area (Å²) in [7, 11) is 1.56. The largest absolute Gasteiger partial charge is 0.496 e. The number of aryl methyl sites for hydroxylation is 1. The maximum Gasteiger partial charge on any atom is 0.342 e. The molecule has 1 unspecified atom stereocenters. The summed E-state index contributed by atoms with van der Waals surface area (Å²) in [6.07, 6.45) is 11.1. The molecule has 0 aliphatic rings. The highest BCUT2D eigenvalue weighted by molar-refractivity contribution is 5.57. The zero-order valence-corrected chi connectivity index (χ0v) is 18.4. The Balaban J connectivity index is 2.13. The van der Waals surface area contributed by atoms with E-state index in [1.54, 1.807) is 14.0 Å². The molecule has 2 rings (SSSR count). The number of hydrogen-bond acceptors (Lipinski definition) is 4. The molecule has 4 heteroatoms. The summed E-state index contributed by atoms with van der Waals surface area (Å²) in [6.45, 7) is 11.2. The van der Waals surface area contributed by atoms with E-state index in [0.717, 1.165) is 27.8 Å². The molecule has 1 heterocycles. The van der Waals surface area contributed by atoms with Gasteiger partial charge in [-0.25, -0.2) is 4.79 Å². The number of methoxy groups -OCH3 is 1. The van der Waals surface area contributed by atoms with Crippen molar-refractivity contribution in [2.75, 3.05) is 7.11 Å². The highest BCUT2D eigenvalue weighted by Crippen LogP contribution is 2.24. The van der Waals surface area contributed by atoms with E-state index < -0.39 is 6.10 Å². The number of hydrogen-bond donors (Lipinski definition) is 1. The third-order valence-electron chi connectivity index (χ3n) is 4.97. The van der Waals surface area contributed by atoms with Crippen molar-refractivity contribution in [3.63, 3.8) is 0 Å². The van der Waals surface area contributed by atoms with Crippen LogP contribution in [0.4, 0.5) is 0 Å². The molecule has 1 aromatic heterocycles. The smallest absolute Gasteiger partial charge is 0.342 e. The summed E-state index contributed by atoms with van der Waals surface area (Å²) >= 11 is 0. The maximum atomic E-state index is 12.0. The predicted molar refractivity (Wildman–Crippen MR) is 123 cm³/mol. The van der Waals surface area contributed by atoms with Crippen LogP contribution in [0.1, 0.15) is 46.6 Å². The fraction of sp³-hybridized carbons (Fsp3) is 0.269. The van der Waals surface area contributed by atoms with Gasteiger partial charge in [0.1, 0.15) is 11.5 Å². The van der Waals surface area contributed by atoms with Crippen LogP contribution >= 0.6 is 0 Å². The van der Waals surface area contributed by atoms with Crippen LogP contribution in [0.3, 0.4) is 0 Å². The minimum atomic E-state index is -0.695. The molecule has 0 saturated heterocycles. The molecule has 158 valence electrons. The van der Waals surface area contributed by atoms with Gasteiger partial charge in [-0.15, -0.1) is 6.58 Å². The Morgan fingerprint density at radius 3 is 2.63 bits per heavy atom. The number of allylic oxidation sites excluding steroid dienone is 5. The van der Waals surface area contributed by atoms with Crippen LogP contribution in [0.25, 0.3) is 6.08 Å². The quantitative estimate of drug-likeness (QED) is 0.461. The van der Waals surface area contributed by atoms with E-state index in [1.807, 2.05) is 69.4 Å². The van der Waals surface area contributed by atoms with Gasteiger partial charge >= 0.3 is 5.63 Å². The van der Waals surface area contributed by atoms with E-state index in [-0.39, 0.29) is 5.63 Å². The van der Waals surface area contributed by atoms with Gasteiger partial charge in [0.25, 0.3) is 0 Å². The summed E-state index contributed by atoms with van der Waals surface area (Å²) in [5.41, 5.74) is 4.87. The SMILES string of the molecule is C=CC(O)c1cc(C)ccc1C=CC=CC(C)=CCc1oc(=O)c(C)c(OC)c1C. The molecule has 0 bridgehead atoms. The van der Waals surface area contributed by atoms with E-state index in [0.29, 0.717) is 23.5 Å². The van der Waals surface area contributed by atoms with E-state index >= 15 is 0 Å². The lowest BCUT2D eigenvalue weighted by atomic mass is 9.99. The third kappa shape index (κ3) is 5.71. The van der Waals surface area contributed by atoms with Crippen LogP contribution in [-0.4, -0.2) is 12.2 Å². The fourth-order valence-corrected chi connectivity index (χ4v) is 3.18. The standard InChI is InChI=1S/C26H30O4/c1-7-23(27)22-16-18(3)12-14-21(22)11-9-8-10-17(2)13-15-24-19(4)25(29-6)20(5)26(28)30-24/h7-14,16,23,27H,1,15H2,2-6H3. The van der Waals surface area contributed by atoms with Gasteiger partial charge in [0.2, 0.25) is 0 Å². The molecule has 0 saturated carbocycles. The van der Waals surface area contributed by atoms with Gasteiger partial charge in [-0.1, -0.05) is 65.8 Å². The summed E-state index contributed by atoms with van der Waals surface area (Å²) in [4.78, 5) is 12.0. The molecular formula is C26H30O4. The van der Waals surface area contributed by atoms with E-state index in [4.69, 9.17) is 9.15 Å². The first kappa shape index (κ1) is 23.2. The lowest BCUT2D eigenvalue weighted by Gasteiger charge is -2.10. The van der Waals surface area contributed by atoms with Crippen molar-refractivity contribution < 1.29 is 14.3 Å². The lowest BCUT2D eigenvalue weighted by Crippen LogP contribution is -2.10. The van der Waals surface area contributed by atoms with Crippen LogP contribution in [-0.2, 0) is 6.42 Å². The number of benzene rings is 1. The Labute approximate surface area is 178 Å². The average Bonchev–Trinajstić information content (AvgIpc) is 2.73. The monoisotopic (exact) mass is 406 g/mol. The average molecular weight is 407 g/mol. The minimum absolute atomic E-state index is 0.368. The summed E-state index contributed by atoms with van der Waals surface area (Å²) in [6, 6.07) is 5.96. The summed E-state index contributed by atoms with van der Waals surface area (Å²) < 4.78 is 10.8. The van der Waals surface area contributed by atoms with Gasteiger partial charge in [-0.3, -0.25) is 0 Å². The highest BCUT2D eigenvalue weighted by Gasteiger charge is 2.13. The normalized spacial score (nSPS) is 13.2. The molecular weight excluding hydrogens is 376 g/mol. The summed E-state index contributed by atoms with van der Waals surface area (Å²) in [5, 5.41) is 10.1. The first-order valence-electron chi connectivity index (χ1n) is 9.88. The van der Waals surface area contributed by atoms with Crippen molar-refractivity contribution in [3.05, 3.63) is 105 Å². The topological polar surface area (TPSA) is 59.7 Å². The van der Waals surface area contributed by atoms with E-state index in [1.165, 1.54) is 6.08 Å². The Morgan fingerprint density at radius 2 is 1.97 bits per heavy atom. The first-order chi connectivity index (χ1) is 14.3. The van der Waals surface area contributed by atoms with Crippen molar-refractivity contribution in [2.45, 2.75) is 40.2 Å². The number of rotatable bonds is 8. The van der Waals surface area contributed by atoms with Crippen molar-refractivity contribution >= 4 is 6.08 Å². The Hall–Kier alpha value is -3.11. The van der Waals surface area contributed by atoms with Crippen molar-refractivity contribution in [1.29, 1.82) is 0 Å². The van der Waals surface area contributed by atoms with Crippen LogP contribution in [0.15, 0.2) is 69.9 Å². The highest BCUT2D eigenvalue weighted by atomic mass is 16.5. The molecule has 0 amide bonds. The zero-order valence-electron chi connectivity index (χ0n) is 18.4. The Kier molecular flexibility index (Phi) is 8.19. The van der Waals surface area contributed by atoms with E-state index in [9.17, 15) is 9.90 Å². The lowest BCUT2D eigenvalue weighted by molar-refractivity contribution is 0.229. The van der Waals surface area contributed by atoms with E-state index in [2.05, 4.69) is 6.58 Å². The molecule has 0 aliphatic heterocycles. The van der Waals surface area contributed by atoms with Crippen LogP contribution < -0.4 is 10.4 Å².